The monoisotopic (exact) mass is 387 g/mol. The number of esters is 1. The predicted molar refractivity (Wildman–Crippen MR) is 107 cm³/mol. The molecule has 1 aromatic heterocycles. The van der Waals surface area contributed by atoms with Crippen LogP contribution in [0.2, 0.25) is 0 Å². The van der Waals surface area contributed by atoms with Gasteiger partial charge >= 0.3 is 5.97 Å². The molecular formula is C21H25NO4S. The normalized spacial score (nSPS) is 13.0. The summed E-state index contributed by atoms with van der Waals surface area (Å²) in [7, 11) is 0. The number of carbonyl (C=O) groups excluding carboxylic acids is 2. The van der Waals surface area contributed by atoms with E-state index in [9.17, 15) is 9.59 Å². The molecule has 1 aliphatic carbocycles. The number of carbonyl (C=O) groups is 2. The van der Waals surface area contributed by atoms with Gasteiger partial charge in [-0.1, -0.05) is 19.1 Å². The second-order valence-electron chi connectivity index (χ2n) is 6.43. The van der Waals surface area contributed by atoms with Crippen LogP contribution < -0.4 is 10.1 Å². The lowest BCUT2D eigenvalue weighted by Crippen LogP contribution is -2.16. The summed E-state index contributed by atoms with van der Waals surface area (Å²) in [6.45, 7) is 4.66. The Labute approximate surface area is 163 Å². The van der Waals surface area contributed by atoms with Gasteiger partial charge in [-0.15, -0.1) is 11.3 Å². The zero-order valence-corrected chi connectivity index (χ0v) is 16.6. The lowest BCUT2D eigenvalue weighted by atomic mass is 9.95. The van der Waals surface area contributed by atoms with E-state index in [1.165, 1.54) is 16.2 Å². The first-order chi connectivity index (χ1) is 13.2. The molecule has 0 saturated heterocycles. The Morgan fingerprint density at radius 3 is 2.70 bits per heavy atom. The molecule has 2 aromatic rings. The Hall–Kier alpha value is -2.34. The first kappa shape index (κ1) is 19.4. The van der Waals surface area contributed by atoms with Crippen LogP contribution in [-0.2, 0) is 17.6 Å². The lowest BCUT2D eigenvalue weighted by molar-refractivity contribution is 0.0526. The van der Waals surface area contributed by atoms with Gasteiger partial charge in [-0.05, 0) is 56.7 Å². The zero-order chi connectivity index (χ0) is 19.2. The van der Waals surface area contributed by atoms with Crippen LogP contribution in [0.25, 0.3) is 0 Å². The van der Waals surface area contributed by atoms with Crippen LogP contribution in [0.5, 0.6) is 5.75 Å². The molecule has 0 unspecified atom stereocenters. The number of hydrogen-bond donors (Lipinski definition) is 1. The summed E-state index contributed by atoms with van der Waals surface area (Å²) >= 11 is 1.49. The molecule has 1 aliphatic rings. The van der Waals surface area contributed by atoms with E-state index in [0.717, 1.165) is 37.7 Å². The smallest absolute Gasteiger partial charge is 0.341 e. The molecule has 0 fully saturated rings. The van der Waals surface area contributed by atoms with Crippen LogP contribution >= 0.6 is 11.3 Å². The average Bonchev–Trinajstić information content (AvgIpc) is 3.04. The van der Waals surface area contributed by atoms with Crippen molar-refractivity contribution in [3.63, 3.8) is 0 Å². The molecule has 0 radical (unpaired) electrons. The molecule has 0 atom stereocenters. The Balaban J connectivity index is 1.90. The van der Waals surface area contributed by atoms with Gasteiger partial charge in [-0.3, -0.25) is 4.79 Å². The van der Waals surface area contributed by atoms with Crippen LogP contribution in [0.15, 0.2) is 24.3 Å². The summed E-state index contributed by atoms with van der Waals surface area (Å²) in [4.78, 5) is 26.6. The minimum Gasteiger partial charge on any atom is -0.493 e. The molecule has 1 N–H and O–H groups in total. The van der Waals surface area contributed by atoms with Gasteiger partial charge in [-0.2, -0.15) is 0 Å². The van der Waals surface area contributed by atoms with Gasteiger partial charge in [-0.25, -0.2) is 4.79 Å². The number of rotatable bonds is 7. The van der Waals surface area contributed by atoms with Crippen molar-refractivity contribution in [2.75, 3.05) is 18.5 Å². The number of fused-ring (bicyclic) bond motifs is 1. The number of hydrogen-bond acceptors (Lipinski definition) is 5. The molecule has 0 spiro atoms. The minimum absolute atomic E-state index is 0.272. The van der Waals surface area contributed by atoms with E-state index < -0.39 is 0 Å². The van der Waals surface area contributed by atoms with Crippen molar-refractivity contribution in [3.05, 3.63) is 45.8 Å². The number of para-hydroxylation sites is 1. The Kier molecular flexibility index (Phi) is 6.50. The molecule has 0 saturated carbocycles. The molecule has 3 rings (SSSR count). The van der Waals surface area contributed by atoms with E-state index in [1.807, 2.05) is 13.0 Å². The van der Waals surface area contributed by atoms with Gasteiger partial charge in [0, 0.05) is 4.88 Å². The highest BCUT2D eigenvalue weighted by Gasteiger charge is 2.27. The summed E-state index contributed by atoms with van der Waals surface area (Å²) < 4.78 is 10.9. The molecule has 1 aromatic carbocycles. The van der Waals surface area contributed by atoms with Gasteiger partial charge in [0.1, 0.15) is 10.8 Å². The number of nitrogens with one attached hydrogen (secondary N) is 1. The average molecular weight is 388 g/mol. The molecule has 1 amide bonds. The number of ether oxygens (including phenoxy) is 2. The molecule has 0 bridgehead atoms. The maximum absolute atomic E-state index is 12.9. The third-order valence-electron chi connectivity index (χ3n) is 4.47. The van der Waals surface area contributed by atoms with Gasteiger partial charge < -0.3 is 14.8 Å². The highest BCUT2D eigenvalue weighted by atomic mass is 32.1. The van der Waals surface area contributed by atoms with Crippen LogP contribution in [-0.4, -0.2) is 25.1 Å². The van der Waals surface area contributed by atoms with Gasteiger partial charge in [0.15, 0.2) is 0 Å². The number of thiophene rings is 1. The molecule has 1 heterocycles. The van der Waals surface area contributed by atoms with Crippen molar-refractivity contribution in [2.24, 2.45) is 0 Å². The second kappa shape index (κ2) is 9.04. The van der Waals surface area contributed by atoms with E-state index in [0.29, 0.717) is 35.1 Å². The van der Waals surface area contributed by atoms with Gasteiger partial charge in [0.05, 0.1) is 24.3 Å². The van der Waals surface area contributed by atoms with Gasteiger partial charge in [0.2, 0.25) is 0 Å². The fourth-order valence-electron chi connectivity index (χ4n) is 3.24. The third kappa shape index (κ3) is 4.33. The summed E-state index contributed by atoms with van der Waals surface area (Å²) in [5, 5.41) is 3.52. The summed E-state index contributed by atoms with van der Waals surface area (Å²) in [6, 6.07) is 7.17. The Morgan fingerprint density at radius 2 is 1.93 bits per heavy atom. The molecule has 144 valence electrons. The first-order valence-corrected chi connectivity index (χ1v) is 10.3. The standard InChI is InChI=1S/C21H25NO4S/c1-3-13-26-16-11-7-5-9-14(16)19(23)22-20-18(21(24)25-4-2)15-10-6-8-12-17(15)27-20/h5,7,9,11H,3-4,6,8,10,12-13H2,1-2H3,(H,22,23). The van der Waals surface area contributed by atoms with Crippen LogP contribution in [0, 0.1) is 0 Å². The molecular weight excluding hydrogens is 362 g/mol. The van der Waals surface area contributed by atoms with E-state index in [4.69, 9.17) is 9.47 Å². The van der Waals surface area contributed by atoms with E-state index in [1.54, 1.807) is 25.1 Å². The summed E-state index contributed by atoms with van der Waals surface area (Å²) in [6.07, 6.45) is 4.82. The Morgan fingerprint density at radius 1 is 1.15 bits per heavy atom. The molecule has 0 aliphatic heterocycles. The number of benzene rings is 1. The fourth-order valence-corrected chi connectivity index (χ4v) is 4.51. The summed E-state index contributed by atoms with van der Waals surface area (Å²) in [5.74, 6) is -0.0792. The third-order valence-corrected chi connectivity index (χ3v) is 5.68. The quantitative estimate of drug-likeness (QED) is 0.690. The van der Waals surface area contributed by atoms with Crippen molar-refractivity contribution < 1.29 is 19.1 Å². The van der Waals surface area contributed by atoms with Gasteiger partial charge in [0.25, 0.3) is 5.91 Å². The lowest BCUT2D eigenvalue weighted by Gasteiger charge is -2.13. The molecule has 6 heteroatoms. The number of anilines is 1. The first-order valence-electron chi connectivity index (χ1n) is 9.50. The van der Waals surface area contributed by atoms with Crippen molar-refractivity contribution in [3.8, 4) is 5.75 Å². The largest absolute Gasteiger partial charge is 0.493 e. The minimum atomic E-state index is -0.359. The maximum Gasteiger partial charge on any atom is 0.341 e. The van der Waals surface area contributed by atoms with Crippen molar-refractivity contribution in [1.82, 2.24) is 0 Å². The second-order valence-corrected chi connectivity index (χ2v) is 7.54. The number of aryl methyl sites for hydroxylation is 1. The van der Waals surface area contributed by atoms with Crippen molar-refractivity contribution in [2.45, 2.75) is 46.0 Å². The topological polar surface area (TPSA) is 64.6 Å². The highest BCUT2D eigenvalue weighted by molar-refractivity contribution is 7.17. The number of amides is 1. The highest BCUT2D eigenvalue weighted by Crippen LogP contribution is 2.39. The maximum atomic E-state index is 12.9. The van der Waals surface area contributed by atoms with E-state index in [2.05, 4.69) is 5.32 Å². The van der Waals surface area contributed by atoms with Crippen LogP contribution in [0.3, 0.4) is 0 Å². The zero-order valence-electron chi connectivity index (χ0n) is 15.8. The predicted octanol–water partition coefficient (Wildman–Crippen LogP) is 4.84. The van der Waals surface area contributed by atoms with Crippen molar-refractivity contribution >= 4 is 28.2 Å². The van der Waals surface area contributed by atoms with Crippen molar-refractivity contribution in [1.29, 1.82) is 0 Å². The Bertz CT molecular complexity index is 828. The van der Waals surface area contributed by atoms with E-state index >= 15 is 0 Å². The molecule has 5 nitrogen and oxygen atoms in total. The van der Waals surface area contributed by atoms with E-state index in [-0.39, 0.29) is 11.9 Å². The SMILES string of the molecule is CCCOc1ccccc1C(=O)Nc1sc2c(c1C(=O)OCC)CCCC2. The van der Waals surface area contributed by atoms with Crippen LogP contribution in [0.4, 0.5) is 5.00 Å². The molecule has 27 heavy (non-hydrogen) atoms. The fraction of sp³-hybridized carbons (Fsp3) is 0.429. The summed E-state index contributed by atoms with van der Waals surface area (Å²) in [5.41, 5.74) is 2.03. The van der Waals surface area contributed by atoms with Crippen LogP contribution in [0.1, 0.15) is 64.3 Å².